The predicted molar refractivity (Wildman–Crippen MR) is 82.1 cm³/mol. The number of primary amides is 1. The number of benzene rings is 2. The number of hydrogen-bond acceptors (Lipinski definition) is 3. The van der Waals surface area contributed by atoms with E-state index >= 15 is 0 Å². The lowest BCUT2D eigenvalue weighted by Gasteiger charge is -2.17. The number of hydrogen-bond donors (Lipinski definition) is 3. The second-order valence-electron chi connectivity index (χ2n) is 4.39. The highest BCUT2D eigenvalue weighted by molar-refractivity contribution is 9.10. The van der Waals surface area contributed by atoms with E-state index in [1.807, 2.05) is 42.5 Å². The lowest BCUT2D eigenvalue weighted by Crippen LogP contribution is -2.27. The van der Waals surface area contributed by atoms with Gasteiger partial charge in [0, 0.05) is 10.2 Å². The maximum atomic E-state index is 11.6. The zero-order valence-electron chi connectivity index (χ0n) is 10.7. The fraction of sp³-hybridized carbons (Fsp3) is 0.133. The first-order valence-electron chi connectivity index (χ1n) is 6.11. The predicted octanol–water partition coefficient (Wildman–Crippen LogP) is 2.58. The van der Waals surface area contributed by atoms with Crippen molar-refractivity contribution in [3.8, 4) is 0 Å². The number of amides is 1. The molecule has 0 aliphatic rings. The van der Waals surface area contributed by atoms with Crippen LogP contribution < -0.4 is 11.1 Å². The van der Waals surface area contributed by atoms with Crippen LogP contribution in [-0.2, 0) is 11.4 Å². The van der Waals surface area contributed by atoms with Crippen molar-refractivity contribution in [3.05, 3.63) is 64.1 Å². The van der Waals surface area contributed by atoms with Crippen molar-refractivity contribution in [2.45, 2.75) is 12.6 Å². The molecule has 104 valence electrons. The number of nitrogens with one attached hydrogen (secondary N) is 1. The Morgan fingerprint density at radius 3 is 2.55 bits per heavy atom. The SMILES string of the molecule is NC(=O)[C@@H](Nc1cccc(CO)c1)c1ccc(Br)cc1. The molecule has 0 heterocycles. The highest BCUT2D eigenvalue weighted by Gasteiger charge is 2.17. The number of anilines is 1. The Bertz CT molecular complexity index is 599. The van der Waals surface area contributed by atoms with Crippen molar-refractivity contribution >= 4 is 27.5 Å². The minimum absolute atomic E-state index is 0.0466. The van der Waals surface area contributed by atoms with E-state index in [4.69, 9.17) is 10.8 Å². The Morgan fingerprint density at radius 2 is 1.95 bits per heavy atom. The molecule has 0 aliphatic carbocycles. The molecule has 4 N–H and O–H groups in total. The van der Waals surface area contributed by atoms with Crippen LogP contribution in [0.2, 0.25) is 0 Å². The third-order valence-corrected chi connectivity index (χ3v) is 3.44. The maximum absolute atomic E-state index is 11.6. The molecule has 0 saturated carbocycles. The van der Waals surface area contributed by atoms with E-state index in [1.54, 1.807) is 6.07 Å². The lowest BCUT2D eigenvalue weighted by atomic mass is 10.1. The van der Waals surface area contributed by atoms with Crippen LogP contribution in [0.5, 0.6) is 0 Å². The first-order valence-corrected chi connectivity index (χ1v) is 6.90. The number of carbonyl (C=O) groups is 1. The second kappa shape index (κ2) is 6.54. The number of rotatable bonds is 5. The van der Waals surface area contributed by atoms with Crippen LogP contribution in [0.25, 0.3) is 0 Å². The minimum Gasteiger partial charge on any atom is -0.392 e. The number of nitrogens with two attached hydrogens (primary N) is 1. The smallest absolute Gasteiger partial charge is 0.244 e. The van der Waals surface area contributed by atoms with E-state index < -0.39 is 11.9 Å². The molecule has 2 aromatic carbocycles. The molecule has 20 heavy (non-hydrogen) atoms. The van der Waals surface area contributed by atoms with Crippen LogP contribution >= 0.6 is 15.9 Å². The fourth-order valence-electron chi connectivity index (χ4n) is 1.90. The van der Waals surface area contributed by atoms with Gasteiger partial charge in [-0.25, -0.2) is 0 Å². The third kappa shape index (κ3) is 3.59. The van der Waals surface area contributed by atoms with E-state index in [0.717, 1.165) is 21.3 Å². The molecule has 2 rings (SSSR count). The Labute approximate surface area is 125 Å². The largest absolute Gasteiger partial charge is 0.392 e. The first kappa shape index (κ1) is 14.6. The van der Waals surface area contributed by atoms with Crippen molar-refractivity contribution in [2.24, 2.45) is 5.73 Å². The van der Waals surface area contributed by atoms with Crippen molar-refractivity contribution < 1.29 is 9.90 Å². The van der Waals surface area contributed by atoms with Gasteiger partial charge in [-0.3, -0.25) is 4.79 Å². The van der Waals surface area contributed by atoms with Crippen molar-refractivity contribution in [3.63, 3.8) is 0 Å². The molecule has 2 aromatic rings. The van der Waals surface area contributed by atoms with Gasteiger partial charge in [0.15, 0.2) is 0 Å². The standard InChI is InChI=1S/C15H15BrN2O2/c16-12-6-4-11(5-7-12)14(15(17)20)18-13-3-1-2-10(8-13)9-19/h1-8,14,18-19H,9H2,(H2,17,20)/t14-/m0/s1. The first-order chi connectivity index (χ1) is 9.60. The molecule has 1 amide bonds. The number of halogens is 1. The summed E-state index contributed by atoms with van der Waals surface area (Å²) in [6.07, 6.45) is 0. The summed E-state index contributed by atoms with van der Waals surface area (Å²) in [6, 6.07) is 14.0. The van der Waals surface area contributed by atoms with E-state index in [9.17, 15) is 4.79 Å². The molecule has 4 nitrogen and oxygen atoms in total. The fourth-order valence-corrected chi connectivity index (χ4v) is 2.16. The molecule has 0 spiro atoms. The van der Waals surface area contributed by atoms with Crippen LogP contribution in [0.3, 0.4) is 0 Å². The number of carbonyl (C=O) groups excluding carboxylic acids is 1. The van der Waals surface area contributed by atoms with Gasteiger partial charge in [-0.2, -0.15) is 0 Å². The van der Waals surface area contributed by atoms with Crippen molar-refractivity contribution in [2.75, 3.05) is 5.32 Å². The molecule has 0 fully saturated rings. The summed E-state index contributed by atoms with van der Waals surface area (Å²) < 4.78 is 0.937. The quantitative estimate of drug-likeness (QED) is 0.786. The molecule has 0 bridgehead atoms. The average Bonchev–Trinajstić information content (AvgIpc) is 2.46. The molecule has 0 aromatic heterocycles. The van der Waals surface area contributed by atoms with E-state index in [1.165, 1.54) is 0 Å². The van der Waals surface area contributed by atoms with Gasteiger partial charge in [-0.05, 0) is 35.4 Å². The van der Waals surface area contributed by atoms with E-state index in [2.05, 4.69) is 21.2 Å². The Hall–Kier alpha value is -1.85. The summed E-state index contributed by atoms with van der Waals surface area (Å²) in [5, 5.41) is 12.2. The lowest BCUT2D eigenvalue weighted by molar-refractivity contribution is -0.118. The van der Waals surface area contributed by atoms with Crippen molar-refractivity contribution in [1.29, 1.82) is 0 Å². The Morgan fingerprint density at radius 1 is 1.25 bits per heavy atom. The van der Waals surface area contributed by atoms with Gasteiger partial charge in [0.2, 0.25) is 5.91 Å². The normalized spacial score (nSPS) is 11.9. The maximum Gasteiger partial charge on any atom is 0.244 e. The Kier molecular flexibility index (Phi) is 4.76. The summed E-state index contributed by atoms with van der Waals surface area (Å²) in [7, 11) is 0. The van der Waals surface area contributed by atoms with Gasteiger partial charge in [0.25, 0.3) is 0 Å². The van der Waals surface area contributed by atoms with E-state index in [-0.39, 0.29) is 6.61 Å². The highest BCUT2D eigenvalue weighted by atomic mass is 79.9. The molecular weight excluding hydrogens is 320 g/mol. The van der Waals surface area contributed by atoms with Crippen LogP contribution in [0.1, 0.15) is 17.2 Å². The molecule has 0 radical (unpaired) electrons. The van der Waals surface area contributed by atoms with Gasteiger partial charge in [0.05, 0.1) is 6.61 Å². The summed E-state index contributed by atoms with van der Waals surface area (Å²) >= 11 is 3.35. The number of aliphatic hydroxyl groups excluding tert-OH is 1. The summed E-state index contributed by atoms with van der Waals surface area (Å²) in [4.78, 5) is 11.6. The van der Waals surface area contributed by atoms with Crippen LogP contribution in [0.4, 0.5) is 5.69 Å². The van der Waals surface area contributed by atoms with Gasteiger partial charge < -0.3 is 16.2 Å². The van der Waals surface area contributed by atoms with Gasteiger partial charge in [0.1, 0.15) is 6.04 Å². The molecule has 5 heteroatoms. The van der Waals surface area contributed by atoms with Crippen LogP contribution in [-0.4, -0.2) is 11.0 Å². The van der Waals surface area contributed by atoms with Crippen LogP contribution in [0.15, 0.2) is 53.0 Å². The molecule has 0 aliphatic heterocycles. The van der Waals surface area contributed by atoms with Gasteiger partial charge in [-0.15, -0.1) is 0 Å². The Balaban J connectivity index is 2.25. The highest BCUT2D eigenvalue weighted by Crippen LogP contribution is 2.22. The monoisotopic (exact) mass is 334 g/mol. The summed E-state index contributed by atoms with van der Waals surface area (Å²) in [5.41, 5.74) is 7.76. The van der Waals surface area contributed by atoms with Crippen molar-refractivity contribution in [1.82, 2.24) is 0 Å². The average molecular weight is 335 g/mol. The molecular formula is C15H15BrN2O2. The minimum atomic E-state index is -0.614. The zero-order chi connectivity index (χ0) is 14.5. The van der Waals surface area contributed by atoms with E-state index in [0.29, 0.717) is 0 Å². The zero-order valence-corrected chi connectivity index (χ0v) is 12.3. The van der Waals surface area contributed by atoms with Gasteiger partial charge >= 0.3 is 0 Å². The summed E-state index contributed by atoms with van der Waals surface area (Å²) in [5.74, 6) is -0.457. The van der Waals surface area contributed by atoms with Crippen LogP contribution in [0, 0.1) is 0 Å². The molecule has 0 saturated heterocycles. The molecule has 0 unspecified atom stereocenters. The second-order valence-corrected chi connectivity index (χ2v) is 5.31. The third-order valence-electron chi connectivity index (χ3n) is 2.91. The number of aliphatic hydroxyl groups is 1. The summed E-state index contributed by atoms with van der Waals surface area (Å²) in [6.45, 7) is -0.0466. The topological polar surface area (TPSA) is 75.4 Å². The molecule has 1 atom stereocenters. The van der Waals surface area contributed by atoms with Gasteiger partial charge in [-0.1, -0.05) is 40.2 Å².